The van der Waals surface area contributed by atoms with Crippen LogP contribution < -0.4 is 15.8 Å². The van der Waals surface area contributed by atoms with Crippen LogP contribution in [-0.4, -0.2) is 19.0 Å². The molecule has 0 radical (unpaired) electrons. The number of hydrogen-bond donors (Lipinski definition) is 2. The molecule has 4 aromatic carbocycles. The maximum absolute atomic E-state index is 13.1. The first-order valence-corrected chi connectivity index (χ1v) is 11.7. The number of amides is 1. The molecule has 4 rings (SSSR count). The molecular formula is C29H25ClN2O4. The average Bonchev–Trinajstić information content (AvgIpc) is 2.90. The third kappa shape index (κ3) is 6.03. The Morgan fingerprint density at radius 2 is 1.61 bits per heavy atom. The van der Waals surface area contributed by atoms with Gasteiger partial charge in [-0.05, 0) is 47.5 Å². The highest BCUT2D eigenvalue weighted by atomic mass is 35.5. The predicted molar refractivity (Wildman–Crippen MR) is 141 cm³/mol. The van der Waals surface area contributed by atoms with Crippen LogP contribution in [0.2, 0.25) is 5.02 Å². The van der Waals surface area contributed by atoms with Crippen molar-refractivity contribution in [2.45, 2.75) is 12.5 Å². The van der Waals surface area contributed by atoms with Gasteiger partial charge in [-0.25, -0.2) is 0 Å². The van der Waals surface area contributed by atoms with Gasteiger partial charge in [0.25, 0.3) is 5.91 Å². The van der Waals surface area contributed by atoms with Crippen LogP contribution in [0.25, 0.3) is 11.1 Å². The van der Waals surface area contributed by atoms with E-state index in [0.717, 1.165) is 11.1 Å². The molecule has 0 aliphatic carbocycles. The largest absolute Gasteiger partial charge is 0.469 e. The second-order valence-corrected chi connectivity index (χ2v) is 8.51. The Morgan fingerprint density at radius 3 is 2.31 bits per heavy atom. The zero-order valence-corrected chi connectivity index (χ0v) is 20.4. The van der Waals surface area contributed by atoms with Crippen molar-refractivity contribution in [3.8, 4) is 22.6 Å². The zero-order chi connectivity index (χ0) is 25.5. The van der Waals surface area contributed by atoms with Gasteiger partial charge in [0, 0.05) is 16.3 Å². The number of rotatable bonds is 8. The van der Waals surface area contributed by atoms with E-state index in [0.29, 0.717) is 22.1 Å². The van der Waals surface area contributed by atoms with E-state index >= 15 is 0 Å². The number of carbonyl (C=O) groups excluding carboxylic acids is 2. The first kappa shape index (κ1) is 24.8. The van der Waals surface area contributed by atoms with Crippen LogP contribution in [0.1, 0.15) is 28.4 Å². The molecule has 0 aromatic heterocycles. The molecule has 36 heavy (non-hydrogen) atoms. The smallest absolute Gasteiger partial charge is 0.307 e. The van der Waals surface area contributed by atoms with Crippen molar-refractivity contribution in [2.24, 2.45) is 0 Å². The van der Waals surface area contributed by atoms with Crippen molar-refractivity contribution >= 4 is 29.2 Å². The summed E-state index contributed by atoms with van der Waals surface area (Å²) in [5.74, 6) is 0.307. The molecule has 7 heteroatoms. The van der Waals surface area contributed by atoms with Gasteiger partial charge in [0.1, 0.15) is 11.5 Å². The Morgan fingerprint density at radius 1 is 0.917 bits per heavy atom. The summed E-state index contributed by atoms with van der Waals surface area (Å²) < 4.78 is 11.1. The molecule has 0 saturated heterocycles. The topological polar surface area (TPSA) is 90.7 Å². The van der Waals surface area contributed by atoms with Gasteiger partial charge in [0.2, 0.25) is 0 Å². The quantitative estimate of drug-likeness (QED) is 0.215. The summed E-state index contributed by atoms with van der Waals surface area (Å²) in [6.45, 7) is 0. The summed E-state index contributed by atoms with van der Waals surface area (Å²) in [4.78, 5) is 25.4. The van der Waals surface area contributed by atoms with Gasteiger partial charge in [0.15, 0.2) is 0 Å². The van der Waals surface area contributed by atoms with Crippen LogP contribution in [0.5, 0.6) is 11.5 Å². The molecular weight excluding hydrogens is 476 g/mol. The number of esters is 1. The maximum atomic E-state index is 13.1. The lowest BCUT2D eigenvalue weighted by Crippen LogP contribution is -2.31. The lowest BCUT2D eigenvalue weighted by Gasteiger charge is -2.21. The van der Waals surface area contributed by atoms with E-state index in [9.17, 15) is 9.59 Å². The SMILES string of the molecule is COC(=O)C[C@H](NC(=O)c1cc(Cl)ccc1N)c1ccc(-c2ccccc2)c(Oc2ccccc2)c1. The fraction of sp³-hybridized carbons (Fsp3) is 0.103. The lowest BCUT2D eigenvalue weighted by atomic mass is 9.97. The van der Waals surface area contributed by atoms with Gasteiger partial charge in [-0.3, -0.25) is 9.59 Å². The molecule has 182 valence electrons. The second-order valence-electron chi connectivity index (χ2n) is 8.07. The van der Waals surface area contributed by atoms with Gasteiger partial charge in [-0.1, -0.05) is 72.3 Å². The molecule has 0 bridgehead atoms. The van der Waals surface area contributed by atoms with Crippen molar-refractivity contribution in [1.29, 1.82) is 0 Å². The van der Waals surface area contributed by atoms with Gasteiger partial charge >= 0.3 is 5.97 Å². The number of carbonyl (C=O) groups is 2. The van der Waals surface area contributed by atoms with E-state index in [-0.39, 0.29) is 17.7 Å². The molecule has 0 unspecified atom stereocenters. The third-order valence-electron chi connectivity index (χ3n) is 5.63. The number of nitrogen functional groups attached to an aromatic ring is 1. The fourth-order valence-electron chi connectivity index (χ4n) is 3.78. The van der Waals surface area contributed by atoms with Crippen molar-refractivity contribution in [1.82, 2.24) is 5.32 Å². The molecule has 1 amide bonds. The molecule has 0 fully saturated rings. The van der Waals surface area contributed by atoms with Crippen LogP contribution >= 0.6 is 11.6 Å². The number of nitrogens with two attached hydrogens (primary N) is 1. The Kier molecular flexibility index (Phi) is 7.88. The summed E-state index contributed by atoms with van der Waals surface area (Å²) in [6, 6.07) is 28.8. The number of ether oxygens (including phenoxy) is 2. The summed E-state index contributed by atoms with van der Waals surface area (Å²) in [5.41, 5.74) is 9.00. The highest BCUT2D eigenvalue weighted by Crippen LogP contribution is 2.36. The molecule has 0 saturated carbocycles. The van der Waals surface area contributed by atoms with Crippen LogP contribution in [-0.2, 0) is 9.53 Å². The van der Waals surface area contributed by atoms with Crippen LogP contribution in [0.3, 0.4) is 0 Å². The number of anilines is 1. The monoisotopic (exact) mass is 500 g/mol. The second kappa shape index (κ2) is 11.4. The van der Waals surface area contributed by atoms with Crippen molar-refractivity contribution in [3.05, 3.63) is 113 Å². The molecule has 0 aliphatic rings. The predicted octanol–water partition coefficient (Wildman–Crippen LogP) is 6.42. The van der Waals surface area contributed by atoms with Crippen LogP contribution in [0.15, 0.2) is 97.1 Å². The summed E-state index contributed by atoms with van der Waals surface area (Å²) in [7, 11) is 1.30. The Bertz CT molecular complexity index is 1360. The standard InChI is InChI=1S/C29H25ClN2O4/c1-35-28(33)18-26(32-29(34)24-17-21(30)13-15-25(24)31)20-12-14-23(19-8-4-2-5-9-19)27(16-20)36-22-10-6-3-7-11-22/h2-17,26H,18,31H2,1H3,(H,32,34)/t26-/m0/s1. The minimum atomic E-state index is -0.703. The number of halogens is 1. The average molecular weight is 501 g/mol. The highest BCUT2D eigenvalue weighted by molar-refractivity contribution is 6.31. The minimum absolute atomic E-state index is 0.0851. The van der Waals surface area contributed by atoms with E-state index in [1.807, 2.05) is 78.9 Å². The first-order valence-electron chi connectivity index (χ1n) is 11.3. The van der Waals surface area contributed by atoms with E-state index in [2.05, 4.69) is 5.32 Å². The van der Waals surface area contributed by atoms with Crippen LogP contribution in [0, 0.1) is 0 Å². The Balaban J connectivity index is 1.73. The summed E-state index contributed by atoms with van der Waals surface area (Å²) in [5, 5.41) is 3.28. The van der Waals surface area contributed by atoms with Crippen molar-refractivity contribution < 1.29 is 19.1 Å². The zero-order valence-electron chi connectivity index (χ0n) is 19.6. The molecule has 4 aromatic rings. The first-order chi connectivity index (χ1) is 17.4. The fourth-order valence-corrected chi connectivity index (χ4v) is 3.95. The third-order valence-corrected chi connectivity index (χ3v) is 5.86. The van der Waals surface area contributed by atoms with E-state index in [4.69, 9.17) is 26.8 Å². The van der Waals surface area contributed by atoms with E-state index < -0.39 is 17.9 Å². The molecule has 0 spiro atoms. The molecule has 3 N–H and O–H groups in total. The Hall–Kier alpha value is -4.29. The van der Waals surface area contributed by atoms with Crippen LogP contribution in [0.4, 0.5) is 5.69 Å². The molecule has 1 atom stereocenters. The van der Waals surface area contributed by atoms with Gasteiger partial charge in [-0.15, -0.1) is 0 Å². The number of hydrogen-bond acceptors (Lipinski definition) is 5. The summed E-state index contributed by atoms with van der Waals surface area (Å²) >= 11 is 6.07. The summed E-state index contributed by atoms with van der Waals surface area (Å²) in [6.07, 6.45) is -0.0851. The van der Waals surface area contributed by atoms with E-state index in [1.165, 1.54) is 13.2 Å². The highest BCUT2D eigenvalue weighted by Gasteiger charge is 2.23. The van der Waals surface area contributed by atoms with Gasteiger partial charge in [-0.2, -0.15) is 0 Å². The molecule has 0 heterocycles. The Labute approximate surface area is 214 Å². The van der Waals surface area contributed by atoms with E-state index in [1.54, 1.807) is 12.1 Å². The number of methoxy groups -OCH3 is 1. The lowest BCUT2D eigenvalue weighted by molar-refractivity contribution is -0.141. The van der Waals surface area contributed by atoms with Crippen molar-refractivity contribution in [2.75, 3.05) is 12.8 Å². The number of benzene rings is 4. The van der Waals surface area contributed by atoms with Crippen molar-refractivity contribution in [3.63, 3.8) is 0 Å². The maximum Gasteiger partial charge on any atom is 0.307 e. The number of nitrogens with one attached hydrogen (secondary N) is 1. The molecule has 6 nitrogen and oxygen atoms in total. The van der Waals surface area contributed by atoms with Gasteiger partial charge in [0.05, 0.1) is 25.1 Å². The van der Waals surface area contributed by atoms with Gasteiger partial charge < -0.3 is 20.5 Å². The minimum Gasteiger partial charge on any atom is -0.469 e. The number of para-hydroxylation sites is 1. The molecule has 0 aliphatic heterocycles. The normalized spacial score (nSPS) is 11.4.